The van der Waals surface area contributed by atoms with Crippen molar-refractivity contribution in [3.63, 3.8) is 0 Å². The van der Waals surface area contributed by atoms with Gasteiger partial charge < -0.3 is 4.98 Å². The molecule has 4 rings (SSSR count). The molecule has 0 aliphatic carbocycles. The molecule has 4 aromatic rings. The molecule has 1 N–H and O–H groups in total. The normalized spacial score (nSPS) is 10.9. The average molecular weight is 271 g/mol. The predicted octanol–water partition coefficient (Wildman–Crippen LogP) is 4.29. The third kappa shape index (κ3) is 1.99. The van der Waals surface area contributed by atoms with Crippen molar-refractivity contribution in [1.82, 2.24) is 15.0 Å². The first-order valence-electron chi connectivity index (χ1n) is 6.86. The van der Waals surface area contributed by atoms with Gasteiger partial charge in [0.15, 0.2) is 5.82 Å². The highest BCUT2D eigenvalue weighted by Crippen LogP contribution is 2.32. The van der Waals surface area contributed by atoms with Gasteiger partial charge in [-0.2, -0.15) is 0 Å². The van der Waals surface area contributed by atoms with Gasteiger partial charge in [0.2, 0.25) is 0 Å². The van der Waals surface area contributed by atoms with E-state index in [9.17, 15) is 0 Å². The topological polar surface area (TPSA) is 41.6 Å². The Morgan fingerprint density at radius 2 is 1.52 bits per heavy atom. The van der Waals surface area contributed by atoms with Crippen molar-refractivity contribution in [1.29, 1.82) is 0 Å². The Kier molecular flexibility index (Phi) is 2.75. The van der Waals surface area contributed by atoms with Crippen molar-refractivity contribution < 1.29 is 0 Å². The van der Waals surface area contributed by atoms with Gasteiger partial charge in [-0.25, -0.2) is 4.98 Å². The van der Waals surface area contributed by atoms with Gasteiger partial charge in [-0.1, -0.05) is 54.6 Å². The number of H-pyrrole nitrogens is 1. The summed E-state index contributed by atoms with van der Waals surface area (Å²) in [6, 6.07) is 18.6. The van der Waals surface area contributed by atoms with Crippen LogP contribution in [0, 0.1) is 0 Å². The lowest BCUT2D eigenvalue weighted by molar-refractivity contribution is 1.24. The zero-order valence-electron chi connectivity index (χ0n) is 11.3. The van der Waals surface area contributed by atoms with Crippen molar-refractivity contribution in [2.24, 2.45) is 0 Å². The fraction of sp³-hybridized carbons (Fsp3) is 0. The van der Waals surface area contributed by atoms with Gasteiger partial charge >= 0.3 is 0 Å². The minimum Gasteiger partial charge on any atom is -0.343 e. The molecule has 0 bridgehead atoms. The molecule has 0 aliphatic rings. The number of fused-ring (bicyclic) bond motifs is 1. The van der Waals surface area contributed by atoms with Gasteiger partial charge in [0.1, 0.15) is 5.69 Å². The third-order valence-corrected chi connectivity index (χ3v) is 3.60. The van der Waals surface area contributed by atoms with Crippen LogP contribution in [-0.2, 0) is 0 Å². The Hall–Kier alpha value is -2.94. The van der Waals surface area contributed by atoms with Crippen molar-refractivity contribution in [2.75, 3.05) is 0 Å². The standard InChI is InChI=1S/C18H13N3/c1-2-6-13(7-3-1)16-12-21-17(18-19-10-11-20-18)15-9-5-4-8-14(15)16/h1-12H,(H,19,20). The molecule has 3 nitrogen and oxygen atoms in total. The van der Waals surface area contributed by atoms with Gasteiger partial charge in [-0.05, 0) is 10.9 Å². The summed E-state index contributed by atoms with van der Waals surface area (Å²) in [5.74, 6) is 0.797. The average Bonchev–Trinajstić information content (AvgIpc) is 3.09. The van der Waals surface area contributed by atoms with Crippen LogP contribution in [0.1, 0.15) is 0 Å². The van der Waals surface area contributed by atoms with E-state index in [4.69, 9.17) is 0 Å². The summed E-state index contributed by atoms with van der Waals surface area (Å²) in [5.41, 5.74) is 3.20. The lowest BCUT2D eigenvalue weighted by Gasteiger charge is -2.09. The molecule has 0 unspecified atom stereocenters. The second-order valence-corrected chi connectivity index (χ2v) is 4.87. The number of benzene rings is 2. The SMILES string of the molecule is c1ccc(-c2cnc(-c3ncc[nH]3)c3ccccc23)cc1. The molecule has 21 heavy (non-hydrogen) atoms. The monoisotopic (exact) mass is 271 g/mol. The maximum atomic E-state index is 4.63. The quantitative estimate of drug-likeness (QED) is 0.591. The molecule has 2 heterocycles. The van der Waals surface area contributed by atoms with Crippen LogP contribution in [0.15, 0.2) is 73.2 Å². The van der Waals surface area contributed by atoms with E-state index in [-0.39, 0.29) is 0 Å². The molecular weight excluding hydrogens is 258 g/mol. The number of pyridine rings is 1. The number of aromatic amines is 1. The van der Waals surface area contributed by atoms with Gasteiger partial charge in [-0.3, -0.25) is 4.98 Å². The summed E-state index contributed by atoms with van der Waals surface area (Å²) >= 11 is 0. The van der Waals surface area contributed by atoms with Crippen LogP contribution in [-0.4, -0.2) is 15.0 Å². The lowest BCUT2D eigenvalue weighted by atomic mass is 9.99. The van der Waals surface area contributed by atoms with E-state index in [2.05, 4.69) is 45.3 Å². The van der Waals surface area contributed by atoms with Crippen molar-refractivity contribution in [2.45, 2.75) is 0 Å². The second-order valence-electron chi connectivity index (χ2n) is 4.87. The summed E-state index contributed by atoms with van der Waals surface area (Å²) in [5, 5.41) is 2.29. The number of aromatic nitrogens is 3. The molecule has 0 fully saturated rings. The highest BCUT2D eigenvalue weighted by molar-refractivity contribution is 6.02. The van der Waals surface area contributed by atoms with E-state index >= 15 is 0 Å². The zero-order valence-corrected chi connectivity index (χ0v) is 11.3. The van der Waals surface area contributed by atoms with Crippen LogP contribution in [0.25, 0.3) is 33.4 Å². The van der Waals surface area contributed by atoms with E-state index in [0.717, 1.165) is 22.5 Å². The molecule has 0 amide bonds. The Balaban J connectivity index is 2.02. The maximum Gasteiger partial charge on any atom is 0.156 e. The van der Waals surface area contributed by atoms with Gasteiger partial charge in [0, 0.05) is 29.5 Å². The lowest BCUT2D eigenvalue weighted by Crippen LogP contribution is -1.91. The Labute approximate surface area is 122 Å². The molecule has 0 saturated carbocycles. The van der Waals surface area contributed by atoms with Crippen LogP contribution < -0.4 is 0 Å². The van der Waals surface area contributed by atoms with Crippen LogP contribution in [0.4, 0.5) is 0 Å². The van der Waals surface area contributed by atoms with E-state index in [1.807, 2.05) is 36.7 Å². The first-order valence-corrected chi connectivity index (χ1v) is 6.86. The molecule has 0 aliphatic heterocycles. The highest BCUT2D eigenvalue weighted by atomic mass is 14.9. The Bertz CT molecular complexity index is 881. The van der Waals surface area contributed by atoms with Crippen LogP contribution in [0.5, 0.6) is 0 Å². The number of hydrogen-bond acceptors (Lipinski definition) is 2. The maximum absolute atomic E-state index is 4.63. The highest BCUT2D eigenvalue weighted by Gasteiger charge is 2.11. The summed E-state index contributed by atoms with van der Waals surface area (Å²) in [6.45, 7) is 0. The molecule has 2 aromatic carbocycles. The Morgan fingerprint density at radius 3 is 2.29 bits per heavy atom. The van der Waals surface area contributed by atoms with Crippen LogP contribution in [0.3, 0.4) is 0 Å². The number of nitrogens with one attached hydrogen (secondary N) is 1. The van der Waals surface area contributed by atoms with Crippen molar-refractivity contribution in [3.05, 3.63) is 73.2 Å². The number of imidazole rings is 1. The van der Waals surface area contributed by atoms with Gasteiger partial charge in [-0.15, -0.1) is 0 Å². The number of hydrogen-bond donors (Lipinski definition) is 1. The van der Waals surface area contributed by atoms with E-state index in [1.165, 1.54) is 10.9 Å². The predicted molar refractivity (Wildman–Crippen MR) is 84.8 cm³/mol. The molecule has 0 atom stereocenters. The first-order chi connectivity index (χ1) is 10.4. The van der Waals surface area contributed by atoms with E-state index in [1.54, 1.807) is 6.20 Å². The molecule has 100 valence electrons. The molecule has 0 spiro atoms. The fourth-order valence-corrected chi connectivity index (χ4v) is 2.62. The summed E-state index contributed by atoms with van der Waals surface area (Å²) in [4.78, 5) is 12.1. The largest absolute Gasteiger partial charge is 0.343 e. The second kappa shape index (κ2) is 4.87. The number of nitrogens with zero attached hydrogens (tertiary/aromatic N) is 2. The van der Waals surface area contributed by atoms with Crippen LogP contribution >= 0.6 is 0 Å². The fourth-order valence-electron chi connectivity index (χ4n) is 2.62. The summed E-state index contributed by atoms with van der Waals surface area (Å²) in [6.07, 6.45) is 5.49. The van der Waals surface area contributed by atoms with Gasteiger partial charge in [0.25, 0.3) is 0 Å². The minimum absolute atomic E-state index is 0.797. The van der Waals surface area contributed by atoms with Gasteiger partial charge in [0.05, 0.1) is 0 Å². The van der Waals surface area contributed by atoms with Crippen LogP contribution in [0.2, 0.25) is 0 Å². The zero-order chi connectivity index (χ0) is 14.1. The number of rotatable bonds is 2. The van der Waals surface area contributed by atoms with E-state index < -0.39 is 0 Å². The summed E-state index contributed by atoms with van der Waals surface area (Å²) in [7, 11) is 0. The molecule has 0 radical (unpaired) electrons. The molecule has 2 aromatic heterocycles. The third-order valence-electron chi connectivity index (χ3n) is 3.60. The van der Waals surface area contributed by atoms with E-state index in [0.29, 0.717) is 0 Å². The Morgan fingerprint density at radius 1 is 0.762 bits per heavy atom. The molecular formula is C18H13N3. The summed E-state index contributed by atoms with van der Waals surface area (Å²) < 4.78 is 0. The van der Waals surface area contributed by atoms with Crippen molar-refractivity contribution >= 4 is 10.8 Å². The van der Waals surface area contributed by atoms with Crippen molar-refractivity contribution in [3.8, 4) is 22.6 Å². The molecule has 0 saturated heterocycles. The molecule has 3 heteroatoms. The first kappa shape index (κ1) is 11.9. The minimum atomic E-state index is 0.797. The smallest absolute Gasteiger partial charge is 0.156 e.